The Bertz CT molecular complexity index is 1580. The van der Waals surface area contributed by atoms with E-state index in [1.165, 1.54) is 11.1 Å². The van der Waals surface area contributed by atoms with Crippen molar-refractivity contribution >= 4 is 12.4 Å². The Balaban J connectivity index is 2.15. The molecule has 4 nitrogen and oxygen atoms in total. The Labute approximate surface area is 345 Å². The zero-order chi connectivity index (χ0) is 43.1. The highest BCUT2D eigenvalue weighted by Crippen LogP contribution is 2.47. The van der Waals surface area contributed by atoms with Crippen LogP contribution in [-0.4, -0.2) is 34.7 Å². The number of benzene rings is 2. The molecule has 2 atom stereocenters. The number of aliphatic imine (C=N–C) groups is 2. The first-order chi connectivity index (χ1) is 25.0. The van der Waals surface area contributed by atoms with E-state index in [9.17, 15) is 10.2 Å². The highest BCUT2D eigenvalue weighted by atomic mass is 16.3. The van der Waals surface area contributed by atoms with Gasteiger partial charge in [0.2, 0.25) is 0 Å². The molecule has 0 bridgehead atoms. The van der Waals surface area contributed by atoms with Gasteiger partial charge < -0.3 is 10.2 Å². The molecule has 0 radical (unpaired) electrons. The molecule has 4 heteroatoms. The Hall–Kier alpha value is -2.62. The second-order valence-corrected chi connectivity index (χ2v) is 25.4. The predicted molar refractivity (Wildman–Crippen MR) is 246 cm³/mol. The molecule has 2 aromatic carbocycles. The molecular weight excluding hydrogens is 685 g/mol. The van der Waals surface area contributed by atoms with E-state index in [4.69, 9.17) is 9.98 Å². The first-order valence-corrected chi connectivity index (χ1v) is 21.8. The Morgan fingerprint density at radius 1 is 0.446 bits per heavy atom. The van der Waals surface area contributed by atoms with Gasteiger partial charge in [-0.25, -0.2) is 0 Å². The number of aromatic hydroxyl groups is 2. The Morgan fingerprint density at radius 2 is 0.714 bits per heavy atom. The highest BCUT2D eigenvalue weighted by Gasteiger charge is 2.36. The molecule has 1 aliphatic rings. The predicted octanol–water partition coefficient (Wildman–Crippen LogP) is 14.8. The minimum absolute atomic E-state index is 0.00358. The second-order valence-electron chi connectivity index (χ2n) is 25.4. The quantitative estimate of drug-likeness (QED) is 0.211. The zero-order valence-corrected chi connectivity index (χ0v) is 40.1. The Kier molecular flexibility index (Phi) is 14.1. The normalized spacial score (nSPS) is 18.7. The van der Waals surface area contributed by atoms with E-state index in [1.807, 2.05) is 12.4 Å². The van der Waals surface area contributed by atoms with Gasteiger partial charge in [0, 0.05) is 34.7 Å². The fourth-order valence-electron chi connectivity index (χ4n) is 10.8. The van der Waals surface area contributed by atoms with E-state index in [0.717, 1.165) is 73.6 Å². The first kappa shape index (κ1) is 47.8. The summed E-state index contributed by atoms with van der Waals surface area (Å²) in [6.45, 7) is 45.9. The molecule has 1 fully saturated rings. The van der Waals surface area contributed by atoms with E-state index in [1.54, 1.807) is 0 Å². The van der Waals surface area contributed by atoms with E-state index in [0.29, 0.717) is 11.5 Å². The van der Waals surface area contributed by atoms with Crippen molar-refractivity contribution in [1.82, 2.24) is 0 Å². The van der Waals surface area contributed by atoms with Crippen LogP contribution in [0.25, 0.3) is 0 Å². The largest absolute Gasteiger partial charge is 0.507 e. The standard InChI is InChI=1S/C52H86N2O2/c1-45(2,3)31-49(13,14)37-25-35(43(55)39(27-37)51(17,18)33-47(7,8)9)29-53-41-23-21-22-24-42(41)54-30-36-26-38(50(15,16)32-46(4,5)6)28-40(44(36)56)52(19,20)34-48(10,11)12/h25-30,41-42,55-56H,21-24,31-34H2,1-20H3/t41-,42-/m0/s1. The molecule has 56 heavy (non-hydrogen) atoms. The maximum atomic E-state index is 12.0. The van der Waals surface area contributed by atoms with Crippen LogP contribution < -0.4 is 0 Å². The second kappa shape index (κ2) is 16.6. The van der Waals surface area contributed by atoms with Crippen LogP contribution in [0.4, 0.5) is 0 Å². The van der Waals surface area contributed by atoms with Gasteiger partial charge in [0.1, 0.15) is 11.5 Å². The number of hydrogen-bond acceptors (Lipinski definition) is 4. The van der Waals surface area contributed by atoms with E-state index in [-0.39, 0.29) is 55.4 Å². The summed E-state index contributed by atoms with van der Waals surface area (Å²) in [6, 6.07) is 8.92. The minimum atomic E-state index is -0.227. The first-order valence-electron chi connectivity index (χ1n) is 21.8. The molecule has 0 amide bonds. The summed E-state index contributed by atoms with van der Waals surface area (Å²) in [7, 11) is 0. The Morgan fingerprint density at radius 3 is 0.982 bits per heavy atom. The van der Waals surface area contributed by atoms with Gasteiger partial charge in [-0.1, -0.05) is 163 Å². The molecule has 3 rings (SSSR count). The van der Waals surface area contributed by atoms with Gasteiger partial charge in [-0.15, -0.1) is 0 Å². The molecule has 0 saturated heterocycles. The van der Waals surface area contributed by atoms with E-state index >= 15 is 0 Å². The zero-order valence-electron chi connectivity index (χ0n) is 40.1. The van der Waals surface area contributed by atoms with E-state index in [2.05, 4.69) is 163 Å². The van der Waals surface area contributed by atoms with Crippen LogP contribution in [-0.2, 0) is 21.7 Å². The molecule has 0 aliphatic heterocycles. The highest BCUT2D eigenvalue weighted by molar-refractivity contribution is 5.86. The van der Waals surface area contributed by atoms with Crippen LogP contribution in [0.15, 0.2) is 34.3 Å². The summed E-state index contributed by atoms with van der Waals surface area (Å²) in [5.74, 6) is 0.693. The lowest BCUT2D eigenvalue weighted by Crippen LogP contribution is -2.29. The third-order valence-electron chi connectivity index (χ3n) is 11.7. The van der Waals surface area contributed by atoms with Crippen LogP contribution >= 0.6 is 0 Å². The molecule has 0 aromatic heterocycles. The number of rotatable bonds is 12. The van der Waals surface area contributed by atoms with Crippen LogP contribution in [0.5, 0.6) is 11.5 Å². The van der Waals surface area contributed by atoms with Gasteiger partial charge in [0.25, 0.3) is 0 Å². The van der Waals surface area contributed by atoms with Crippen molar-refractivity contribution in [3.05, 3.63) is 57.6 Å². The number of hydrogen-bond donors (Lipinski definition) is 2. The number of nitrogens with zero attached hydrogens (tertiary/aromatic N) is 2. The van der Waals surface area contributed by atoms with Gasteiger partial charge in [-0.3, -0.25) is 9.98 Å². The average Bonchev–Trinajstić information content (AvgIpc) is 2.95. The van der Waals surface area contributed by atoms with Crippen LogP contribution in [0.3, 0.4) is 0 Å². The molecule has 0 spiro atoms. The molecule has 2 N–H and O–H groups in total. The van der Waals surface area contributed by atoms with Gasteiger partial charge in [0.05, 0.1) is 12.1 Å². The lowest BCUT2D eigenvalue weighted by molar-refractivity contribution is 0.273. The lowest BCUT2D eigenvalue weighted by atomic mass is 9.68. The molecule has 2 aromatic rings. The summed E-state index contributed by atoms with van der Waals surface area (Å²) >= 11 is 0. The van der Waals surface area contributed by atoms with Crippen LogP contribution in [0, 0.1) is 21.7 Å². The molecular formula is C52H86N2O2. The molecule has 1 saturated carbocycles. The summed E-state index contributed by atoms with van der Waals surface area (Å²) < 4.78 is 0. The van der Waals surface area contributed by atoms with Crippen molar-refractivity contribution in [2.24, 2.45) is 31.6 Å². The lowest BCUT2D eigenvalue weighted by Gasteiger charge is -2.37. The molecule has 316 valence electrons. The van der Waals surface area contributed by atoms with E-state index < -0.39 is 0 Å². The fraction of sp³-hybridized carbons (Fsp3) is 0.731. The summed E-state index contributed by atoms with van der Waals surface area (Å²) in [5.41, 5.74) is 5.99. The summed E-state index contributed by atoms with van der Waals surface area (Å²) in [5, 5.41) is 24.0. The van der Waals surface area contributed by atoms with Crippen molar-refractivity contribution in [3.63, 3.8) is 0 Å². The smallest absolute Gasteiger partial charge is 0.128 e. The molecule has 1 aliphatic carbocycles. The van der Waals surface area contributed by atoms with Gasteiger partial charge in [-0.05, 0) is 105 Å². The fourth-order valence-corrected chi connectivity index (χ4v) is 10.8. The van der Waals surface area contributed by atoms with Crippen molar-refractivity contribution < 1.29 is 10.2 Å². The SMILES string of the molecule is CC(C)(C)CC(C)(C)c1cc(C=N[C@H]2CCCC[C@@H]2N=Cc2cc(C(C)(C)CC(C)(C)C)cc(C(C)(C)CC(C)(C)C)c2O)c(O)c(C(C)(C)CC(C)(C)C)c1. The average molecular weight is 771 g/mol. The molecule has 0 unspecified atom stereocenters. The number of phenols is 2. The van der Waals surface area contributed by atoms with Crippen molar-refractivity contribution in [2.75, 3.05) is 0 Å². The minimum Gasteiger partial charge on any atom is -0.507 e. The maximum absolute atomic E-state index is 12.0. The van der Waals surface area contributed by atoms with Gasteiger partial charge in [0.15, 0.2) is 0 Å². The van der Waals surface area contributed by atoms with Crippen molar-refractivity contribution in [2.45, 2.75) is 224 Å². The topological polar surface area (TPSA) is 65.2 Å². The summed E-state index contributed by atoms with van der Waals surface area (Å²) in [6.07, 6.45) is 11.9. The maximum Gasteiger partial charge on any atom is 0.128 e. The third-order valence-corrected chi connectivity index (χ3v) is 11.7. The monoisotopic (exact) mass is 771 g/mol. The van der Waals surface area contributed by atoms with Crippen molar-refractivity contribution in [1.29, 1.82) is 0 Å². The molecule has 0 heterocycles. The van der Waals surface area contributed by atoms with Crippen LogP contribution in [0.2, 0.25) is 0 Å². The third kappa shape index (κ3) is 13.5. The summed E-state index contributed by atoms with van der Waals surface area (Å²) in [4.78, 5) is 10.5. The van der Waals surface area contributed by atoms with Gasteiger partial charge >= 0.3 is 0 Å². The van der Waals surface area contributed by atoms with Gasteiger partial charge in [-0.2, -0.15) is 0 Å². The van der Waals surface area contributed by atoms with Crippen LogP contribution in [0.1, 0.15) is 223 Å². The number of phenolic OH excluding ortho intramolecular Hbond substituents is 2. The van der Waals surface area contributed by atoms with Crippen molar-refractivity contribution in [3.8, 4) is 11.5 Å².